The van der Waals surface area contributed by atoms with Crippen LogP contribution in [0, 0.1) is 0 Å². The summed E-state index contributed by atoms with van der Waals surface area (Å²) in [6.45, 7) is 5.09. The summed E-state index contributed by atoms with van der Waals surface area (Å²) < 4.78 is 0. The van der Waals surface area contributed by atoms with E-state index in [9.17, 15) is 4.79 Å². The van der Waals surface area contributed by atoms with Gasteiger partial charge in [-0.25, -0.2) is 0 Å². The molecule has 6 heteroatoms. The molecule has 1 N–H and O–H groups in total. The van der Waals surface area contributed by atoms with Crippen molar-refractivity contribution in [3.8, 4) is 0 Å². The predicted octanol–water partition coefficient (Wildman–Crippen LogP) is 3.21. The van der Waals surface area contributed by atoms with E-state index >= 15 is 0 Å². The summed E-state index contributed by atoms with van der Waals surface area (Å²) in [6, 6.07) is 6.45. The van der Waals surface area contributed by atoms with Crippen molar-refractivity contribution in [1.82, 2.24) is 9.88 Å². The van der Waals surface area contributed by atoms with Crippen molar-refractivity contribution in [2.24, 2.45) is 0 Å². The second-order valence-corrected chi connectivity index (χ2v) is 6.02. The molecule has 2 heterocycles. The molecule has 0 atom stereocenters. The van der Waals surface area contributed by atoms with Crippen molar-refractivity contribution in [2.45, 2.75) is 26.3 Å². The van der Waals surface area contributed by atoms with E-state index in [2.05, 4.69) is 54.0 Å². The van der Waals surface area contributed by atoms with Gasteiger partial charge in [0.2, 0.25) is 0 Å². The van der Waals surface area contributed by atoms with Gasteiger partial charge in [-0.2, -0.15) is 0 Å². The van der Waals surface area contributed by atoms with Crippen LogP contribution < -0.4 is 10.5 Å². The van der Waals surface area contributed by atoms with Gasteiger partial charge in [-0.3, -0.25) is 4.79 Å². The second kappa shape index (κ2) is 8.04. The highest BCUT2D eigenvalue weighted by Gasteiger charge is 2.20. The number of H-pyrrole nitrogens is 1. The van der Waals surface area contributed by atoms with Crippen molar-refractivity contribution in [1.29, 1.82) is 0 Å². The molecule has 0 spiro atoms. The number of aromatic amines is 1. The Labute approximate surface area is 149 Å². The molecule has 1 aliphatic heterocycles. The summed E-state index contributed by atoms with van der Waals surface area (Å²) in [5.41, 5.74) is 4.32. The monoisotopic (exact) mass is 357 g/mol. The smallest absolute Gasteiger partial charge is 0.253 e. The molecule has 1 aromatic heterocycles. The topological polar surface area (TPSA) is 39.3 Å². The number of fused-ring (bicyclic) bond motifs is 3. The van der Waals surface area contributed by atoms with E-state index < -0.39 is 0 Å². The molecule has 23 heavy (non-hydrogen) atoms. The molecule has 0 saturated carbocycles. The zero-order valence-corrected chi connectivity index (χ0v) is 15.5. The zero-order chi connectivity index (χ0) is 15.0. The Balaban J connectivity index is 0.00000132. The first kappa shape index (κ1) is 19.8. The summed E-state index contributed by atoms with van der Waals surface area (Å²) in [5, 5.41) is 1.16. The normalized spacial score (nSPS) is 13.5. The van der Waals surface area contributed by atoms with Crippen LogP contribution in [0.1, 0.15) is 24.5 Å². The number of nitrogens with zero attached hydrogens (tertiary/aromatic N) is 2. The van der Waals surface area contributed by atoms with E-state index in [0.29, 0.717) is 0 Å². The number of rotatable bonds is 3. The molecule has 0 radical (unpaired) electrons. The van der Waals surface area contributed by atoms with Crippen molar-refractivity contribution in [2.75, 3.05) is 32.1 Å². The number of halogens is 2. The number of hydrogen-bond acceptors (Lipinski definition) is 3. The number of benzene rings is 1. The van der Waals surface area contributed by atoms with Crippen LogP contribution >= 0.6 is 24.8 Å². The fraction of sp³-hybridized carbons (Fsp3) is 0.471. The molecule has 0 fully saturated rings. The molecule has 3 rings (SSSR count). The lowest BCUT2D eigenvalue weighted by molar-refractivity contribution is 0.346. The highest BCUT2D eigenvalue weighted by molar-refractivity contribution is 5.93. The SMILES string of the molecule is CCN(C)Cc1ccc2c3c(c(=O)[nH]c2c1)CCCN3C.Cl.Cl. The number of anilines is 1. The molecule has 0 saturated heterocycles. The van der Waals surface area contributed by atoms with Crippen LogP contribution in [0.15, 0.2) is 23.0 Å². The maximum Gasteiger partial charge on any atom is 0.253 e. The highest BCUT2D eigenvalue weighted by atomic mass is 35.5. The van der Waals surface area contributed by atoms with E-state index in [1.807, 2.05) is 0 Å². The number of nitrogens with one attached hydrogen (secondary N) is 1. The quantitative estimate of drug-likeness (QED) is 0.916. The van der Waals surface area contributed by atoms with Gasteiger partial charge in [0.1, 0.15) is 0 Å². The van der Waals surface area contributed by atoms with E-state index in [1.165, 1.54) is 5.56 Å². The first-order chi connectivity index (χ1) is 10.1. The first-order valence-corrected chi connectivity index (χ1v) is 7.67. The van der Waals surface area contributed by atoms with Gasteiger partial charge in [-0.15, -0.1) is 24.8 Å². The third-order valence-corrected chi connectivity index (χ3v) is 4.44. The Morgan fingerprint density at radius 2 is 2.04 bits per heavy atom. The Bertz CT molecular complexity index is 730. The maximum atomic E-state index is 12.3. The molecule has 0 bridgehead atoms. The summed E-state index contributed by atoms with van der Waals surface area (Å²) in [5.74, 6) is 0. The molecule has 1 aliphatic rings. The van der Waals surface area contributed by atoms with Gasteiger partial charge in [0.25, 0.3) is 5.56 Å². The second-order valence-electron chi connectivity index (χ2n) is 6.02. The average Bonchev–Trinajstić information content (AvgIpc) is 2.47. The molecule has 0 aliphatic carbocycles. The number of hydrogen-bond donors (Lipinski definition) is 1. The van der Waals surface area contributed by atoms with Crippen molar-refractivity contribution in [3.05, 3.63) is 39.7 Å². The Morgan fingerprint density at radius 3 is 2.74 bits per heavy atom. The molecule has 2 aromatic rings. The average molecular weight is 358 g/mol. The van der Waals surface area contributed by atoms with Gasteiger partial charge in [0.15, 0.2) is 0 Å². The molecule has 4 nitrogen and oxygen atoms in total. The maximum absolute atomic E-state index is 12.3. The Morgan fingerprint density at radius 1 is 1.30 bits per heavy atom. The van der Waals surface area contributed by atoms with Crippen LogP contribution in [0.2, 0.25) is 0 Å². The Hall–Kier alpha value is -1.23. The van der Waals surface area contributed by atoms with Gasteiger partial charge < -0.3 is 14.8 Å². The third-order valence-electron chi connectivity index (χ3n) is 4.44. The molecule has 128 valence electrons. The van der Waals surface area contributed by atoms with Gasteiger partial charge >= 0.3 is 0 Å². The van der Waals surface area contributed by atoms with Gasteiger partial charge in [0, 0.05) is 31.1 Å². The van der Waals surface area contributed by atoms with E-state index in [1.54, 1.807) is 0 Å². The van der Waals surface area contributed by atoms with Crippen LogP contribution in [0.3, 0.4) is 0 Å². The molecule has 0 unspecified atom stereocenters. The number of aromatic nitrogens is 1. The van der Waals surface area contributed by atoms with Crippen molar-refractivity contribution < 1.29 is 0 Å². The van der Waals surface area contributed by atoms with Gasteiger partial charge in [0.05, 0.1) is 11.2 Å². The van der Waals surface area contributed by atoms with Crippen LogP contribution in [0.4, 0.5) is 5.69 Å². The fourth-order valence-corrected chi connectivity index (χ4v) is 3.16. The standard InChI is InChI=1S/C17H23N3O.2ClH/c1-4-19(2)11-12-7-8-13-15(10-12)18-17(21)14-6-5-9-20(3)16(13)14;;/h7-8,10H,4-6,9,11H2,1-3H3,(H,18,21);2*1H. The van der Waals surface area contributed by atoms with Crippen LogP contribution in [0.25, 0.3) is 10.9 Å². The third kappa shape index (κ3) is 3.82. The summed E-state index contributed by atoms with van der Waals surface area (Å²) in [7, 11) is 4.18. The molecular weight excluding hydrogens is 333 g/mol. The largest absolute Gasteiger partial charge is 0.374 e. The number of pyridine rings is 1. The fourth-order valence-electron chi connectivity index (χ4n) is 3.16. The van der Waals surface area contributed by atoms with E-state index in [0.717, 1.165) is 54.6 Å². The minimum absolute atomic E-state index is 0. The lowest BCUT2D eigenvalue weighted by Gasteiger charge is -2.28. The highest BCUT2D eigenvalue weighted by Crippen LogP contribution is 2.31. The van der Waals surface area contributed by atoms with E-state index in [4.69, 9.17) is 0 Å². The Kier molecular flexibility index (Phi) is 6.93. The minimum Gasteiger partial charge on any atom is -0.374 e. The predicted molar refractivity (Wildman–Crippen MR) is 103 cm³/mol. The molecular formula is C17H25Cl2N3O. The van der Waals surface area contributed by atoms with Crippen LogP contribution in [0.5, 0.6) is 0 Å². The zero-order valence-electron chi connectivity index (χ0n) is 13.9. The van der Waals surface area contributed by atoms with Crippen LogP contribution in [-0.2, 0) is 13.0 Å². The molecule has 0 amide bonds. The van der Waals surface area contributed by atoms with Gasteiger partial charge in [-0.1, -0.05) is 19.1 Å². The van der Waals surface area contributed by atoms with Gasteiger partial charge in [-0.05, 0) is 38.1 Å². The summed E-state index contributed by atoms with van der Waals surface area (Å²) in [6.07, 6.45) is 1.93. The summed E-state index contributed by atoms with van der Waals surface area (Å²) >= 11 is 0. The molecule has 1 aromatic carbocycles. The van der Waals surface area contributed by atoms with Crippen molar-refractivity contribution in [3.63, 3.8) is 0 Å². The first-order valence-electron chi connectivity index (χ1n) is 7.67. The lowest BCUT2D eigenvalue weighted by atomic mass is 9.99. The van der Waals surface area contributed by atoms with Crippen LogP contribution in [-0.4, -0.2) is 37.1 Å². The lowest BCUT2D eigenvalue weighted by Crippen LogP contribution is -2.30. The summed E-state index contributed by atoms with van der Waals surface area (Å²) in [4.78, 5) is 19.9. The minimum atomic E-state index is 0. The van der Waals surface area contributed by atoms with Crippen molar-refractivity contribution >= 4 is 41.4 Å². The van der Waals surface area contributed by atoms with E-state index in [-0.39, 0.29) is 30.4 Å².